The number of ether oxygens (including phenoxy) is 2. The van der Waals surface area contributed by atoms with Gasteiger partial charge in [0.1, 0.15) is 11.4 Å². The number of aromatic nitrogens is 2. The molecule has 0 saturated carbocycles. The molecular weight excluding hydrogens is 398 g/mol. The fourth-order valence-electron chi connectivity index (χ4n) is 2.74. The molecule has 1 aromatic carbocycles. The van der Waals surface area contributed by atoms with Gasteiger partial charge in [0.05, 0.1) is 23.8 Å². The van der Waals surface area contributed by atoms with Crippen molar-refractivity contribution < 1.29 is 14.3 Å². The second-order valence-electron chi connectivity index (χ2n) is 7.17. The molecule has 1 aliphatic rings. The first kappa shape index (κ1) is 18.6. The molecule has 0 spiro atoms. The molecule has 0 N–H and O–H groups in total. The Balaban J connectivity index is 1.80. The van der Waals surface area contributed by atoms with Crippen LogP contribution >= 0.6 is 15.9 Å². The summed E-state index contributed by atoms with van der Waals surface area (Å²) in [6.07, 6.45) is 2.17. The van der Waals surface area contributed by atoms with Crippen molar-refractivity contribution >= 4 is 22.0 Å². The molecule has 0 unspecified atom stereocenters. The summed E-state index contributed by atoms with van der Waals surface area (Å²) in [4.78, 5) is 23.1. The number of amides is 1. The van der Waals surface area contributed by atoms with E-state index in [1.54, 1.807) is 18.2 Å². The number of nitrogens with zero attached hydrogens (tertiary/aromatic N) is 3. The second kappa shape index (κ2) is 7.23. The van der Waals surface area contributed by atoms with E-state index in [1.807, 2.05) is 39.0 Å². The van der Waals surface area contributed by atoms with Gasteiger partial charge in [0.25, 0.3) is 0 Å². The molecule has 3 rings (SSSR count). The van der Waals surface area contributed by atoms with Gasteiger partial charge in [-0.1, -0.05) is 0 Å². The van der Waals surface area contributed by atoms with Crippen LogP contribution in [-0.2, 0) is 17.7 Å². The molecule has 6 nitrogen and oxygen atoms in total. The van der Waals surface area contributed by atoms with E-state index in [1.165, 1.54) is 0 Å². The number of methoxy groups -OCH3 is 1. The SMILES string of the molecule is COc1cc(-c2ncc3c(n2)CCN(C(=O)OC(C)(C)C)C3)ccc1Br. The van der Waals surface area contributed by atoms with Gasteiger partial charge in [-0.05, 0) is 54.9 Å². The quantitative estimate of drug-likeness (QED) is 0.729. The van der Waals surface area contributed by atoms with E-state index in [4.69, 9.17) is 14.5 Å². The van der Waals surface area contributed by atoms with Gasteiger partial charge in [0.15, 0.2) is 5.82 Å². The highest BCUT2D eigenvalue weighted by Gasteiger charge is 2.26. The minimum atomic E-state index is -0.502. The molecule has 1 amide bonds. The predicted molar refractivity (Wildman–Crippen MR) is 102 cm³/mol. The lowest BCUT2D eigenvalue weighted by Gasteiger charge is -2.30. The fourth-order valence-corrected chi connectivity index (χ4v) is 3.14. The molecule has 26 heavy (non-hydrogen) atoms. The van der Waals surface area contributed by atoms with E-state index in [-0.39, 0.29) is 6.09 Å². The number of rotatable bonds is 2. The van der Waals surface area contributed by atoms with Crippen molar-refractivity contribution in [3.05, 3.63) is 40.1 Å². The van der Waals surface area contributed by atoms with Crippen molar-refractivity contribution in [3.8, 4) is 17.1 Å². The summed E-state index contributed by atoms with van der Waals surface area (Å²) >= 11 is 3.45. The average molecular weight is 420 g/mol. The molecule has 0 atom stereocenters. The Bertz CT molecular complexity index is 833. The topological polar surface area (TPSA) is 64.6 Å². The van der Waals surface area contributed by atoms with Gasteiger partial charge in [-0.2, -0.15) is 0 Å². The fraction of sp³-hybridized carbons (Fsp3) is 0.421. The molecule has 0 fully saturated rings. The van der Waals surface area contributed by atoms with Crippen molar-refractivity contribution in [2.75, 3.05) is 13.7 Å². The van der Waals surface area contributed by atoms with Crippen LogP contribution in [0.4, 0.5) is 4.79 Å². The summed E-state index contributed by atoms with van der Waals surface area (Å²) in [5, 5.41) is 0. The van der Waals surface area contributed by atoms with E-state index in [0.29, 0.717) is 25.3 Å². The number of carbonyl (C=O) groups excluding carboxylic acids is 1. The minimum absolute atomic E-state index is 0.301. The van der Waals surface area contributed by atoms with Crippen LogP contribution in [0.25, 0.3) is 11.4 Å². The summed E-state index contributed by atoms with van der Waals surface area (Å²) < 4.78 is 11.7. The van der Waals surface area contributed by atoms with Crippen molar-refractivity contribution in [1.29, 1.82) is 0 Å². The molecule has 0 saturated heterocycles. The Morgan fingerprint density at radius 3 is 2.77 bits per heavy atom. The Labute approximate surface area is 161 Å². The number of benzene rings is 1. The lowest BCUT2D eigenvalue weighted by molar-refractivity contribution is 0.0222. The van der Waals surface area contributed by atoms with E-state index in [2.05, 4.69) is 20.9 Å². The highest BCUT2D eigenvalue weighted by atomic mass is 79.9. The summed E-state index contributed by atoms with van der Waals surface area (Å²) in [5.41, 5.74) is 2.31. The van der Waals surface area contributed by atoms with Crippen LogP contribution in [0.3, 0.4) is 0 Å². The lowest BCUT2D eigenvalue weighted by atomic mass is 10.1. The molecule has 1 aromatic heterocycles. The number of carbonyl (C=O) groups is 1. The van der Waals surface area contributed by atoms with Gasteiger partial charge in [-0.3, -0.25) is 0 Å². The van der Waals surface area contributed by atoms with Crippen LogP contribution in [0.15, 0.2) is 28.9 Å². The van der Waals surface area contributed by atoms with Crippen LogP contribution in [-0.4, -0.2) is 40.2 Å². The molecule has 138 valence electrons. The number of fused-ring (bicyclic) bond motifs is 1. The van der Waals surface area contributed by atoms with Crippen LogP contribution in [0.5, 0.6) is 5.75 Å². The zero-order valence-corrected chi connectivity index (χ0v) is 17.0. The Kier molecular flexibility index (Phi) is 5.18. The first-order valence-corrected chi connectivity index (χ1v) is 9.23. The maximum atomic E-state index is 12.3. The third-order valence-electron chi connectivity index (χ3n) is 3.99. The summed E-state index contributed by atoms with van der Waals surface area (Å²) in [7, 11) is 1.63. The third-order valence-corrected chi connectivity index (χ3v) is 4.65. The maximum absolute atomic E-state index is 12.3. The molecule has 2 aromatic rings. The normalized spacial score (nSPS) is 14.0. The summed E-state index contributed by atoms with van der Waals surface area (Å²) in [6, 6.07) is 5.77. The number of hydrogen-bond acceptors (Lipinski definition) is 5. The monoisotopic (exact) mass is 419 g/mol. The molecular formula is C19H22BrN3O3. The van der Waals surface area contributed by atoms with E-state index >= 15 is 0 Å². The zero-order valence-electron chi connectivity index (χ0n) is 15.4. The maximum Gasteiger partial charge on any atom is 0.410 e. The van der Waals surface area contributed by atoms with Crippen molar-refractivity contribution in [3.63, 3.8) is 0 Å². The Hall–Kier alpha value is -2.15. The van der Waals surface area contributed by atoms with Gasteiger partial charge >= 0.3 is 6.09 Å². The molecule has 7 heteroatoms. The van der Waals surface area contributed by atoms with E-state index < -0.39 is 5.60 Å². The standard InChI is InChI=1S/C19H22BrN3O3/c1-19(2,3)26-18(24)23-8-7-15-13(11-23)10-21-17(22-15)12-5-6-14(20)16(9-12)25-4/h5-6,9-10H,7-8,11H2,1-4H3. The number of halogens is 1. The van der Waals surface area contributed by atoms with Gasteiger partial charge in [-0.15, -0.1) is 0 Å². The van der Waals surface area contributed by atoms with Crippen LogP contribution in [0, 0.1) is 0 Å². The predicted octanol–water partition coefficient (Wildman–Crippen LogP) is 4.21. The molecule has 0 radical (unpaired) electrons. The van der Waals surface area contributed by atoms with Gasteiger partial charge in [-0.25, -0.2) is 14.8 Å². The van der Waals surface area contributed by atoms with Gasteiger partial charge in [0.2, 0.25) is 0 Å². The second-order valence-corrected chi connectivity index (χ2v) is 8.02. The van der Waals surface area contributed by atoms with Crippen molar-refractivity contribution in [2.45, 2.75) is 39.3 Å². The summed E-state index contributed by atoms with van der Waals surface area (Å²) in [5.74, 6) is 1.39. The molecule has 0 bridgehead atoms. The zero-order chi connectivity index (χ0) is 18.9. The Morgan fingerprint density at radius 2 is 2.08 bits per heavy atom. The van der Waals surface area contributed by atoms with Crippen molar-refractivity contribution in [1.82, 2.24) is 14.9 Å². The van der Waals surface area contributed by atoms with Crippen LogP contribution in [0.2, 0.25) is 0 Å². The van der Waals surface area contributed by atoms with Crippen LogP contribution in [0.1, 0.15) is 32.0 Å². The molecule has 2 heterocycles. The number of hydrogen-bond donors (Lipinski definition) is 0. The summed E-state index contributed by atoms with van der Waals surface area (Å²) in [6.45, 7) is 6.65. The van der Waals surface area contributed by atoms with E-state index in [9.17, 15) is 4.79 Å². The lowest BCUT2D eigenvalue weighted by Crippen LogP contribution is -2.40. The first-order chi connectivity index (χ1) is 12.3. The third kappa shape index (κ3) is 4.15. The Morgan fingerprint density at radius 1 is 1.31 bits per heavy atom. The van der Waals surface area contributed by atoms with E-state index in [0.717, 1.165) is 27.0 Å². The largest absolute Gasteiger partial charge is 0.496 e. The highest BCUT2D eigenvalue weighted by Crippen LogP contribution is 2.30. The minimum Gasteiger partial charge on any atom is -0.496 e. The highest BCUT2D eigenvalue weighted by molar-refractivity contribution is 9.10. The smallest absolute Gasteiger partial charge is 0.410 e. The van der Waals surface area contributed by atoms with Gasteiger partial charge in [0, 0.05) is 30.3 Å². The van der Waals surface area contributed by atoms with Crippen molar-refractivity contribution in [2.24, 2.45) is 0 Å². The first-order valence-electron chi connectivity index (χ1n) is 8.43. The van der Waals surface area contributed by atoms with Crippen LogP contribution < -0.4 is 4.74 Å². The van der Waals surface area contributed by atoms with Gasteiger partial charge < -0.3 is 14.4 Å². The average Bonchev–Trinajstić information content (AvgIpc) is 2.59. The molecule has 1 aliphatic heterocycles. The molecule has 0 aliphatic carbocycles.